The van der Waals surface area contributed by atoms with Gasteiger partial charge in [0.25, 0.3) is 0 Å². The van der Waals surface area contributed by atoms with Gasteiger partial charge in [-0.25, -0.2) is 4.39 Å². The summed E-state index contributed by atoms with van der Waals surface area (Å²) in [6.07, 6.45) is 0. The monoisotopic (exact) mass is 330 g/mol. The fraction of sp³-hybridized carbons (Fsp3) is 0.0769. The van der Waals surface area contributed by atoms with Gasteiger partial charge in [-0.1, -0.05) is 27.5 Å². The molecule has 0 atom stereocenters. The summed E-state index contributed by atoms with van der Waals surface area (Å²) in [6.45, 7) is 0. The molecule has 0 saturated heterocycles. The lowest BCUT2D eigenvalue weighted by molar-refractivity contribution is 0.625. The van der Waals surface area contributed by atoms with E-state index >= 15 is 0 Å². The van der Waals surface area contributed by atoms with Crippen molar-refractivity contribution in [3.8, 4) is 0 Å². The first kappa shape index (κ1) is 12.9. The first-order chi connectivity index (χ1) is 8.13. The van der Waals surface area contributed by atoms with Crippen LogP contribution in [0.15, 0.2) is 51.8 Å². The molecule has 17 heavy (non-hydrogen) atoms. The van der Waals surface area contributed by atoms with Crippen LogP contribution in [0.25, 0.3) is 0 Å². The van der Waals surface area contributed by atoms with Crippen molar-refractivity contribution in [3.63, 3.8) is 0 Å². The van der Waals surface area contributed by atoms with E-state index in [1.807, 2.05) is 30.3 Å². The predicted octanol–water partition coefficient (Wildman–Crippen LogP) is 5.53. The Morgan fingerprint density at radius 1 is 1.12 bits per heavy atom. The molecule has 0 spiro atoms. The molecule has 0 bridgehead atoms. The largest absolute Gasteiger partial charge is 0.207 e. The summed E-state index contributed by atoms with van der Waals surface area (Å²) in [5.74, 6) is 0.518. The van der Waals surface area contributed by atoms with Gasteiger partial charge >= 0.3 is 0 Å². The van der Waals surface area contributed by atoms with Gasteiger partial charge < -0.3 is 0 Å². The molecule has 0 aliphatic heterocycles. The molecule has 0 unspecified atom stereocenters. The van der Waals surface area contributed by atoms with Gasteiger partial charge in [0.15, 0.2) is 0 Å². The van der Waals surface area contributed by atoms with Crippen molar-refractivity contribution >= 4 is 39.3 Å². The first-order valence-electron chi connectivity index (χ1n) is 4.97. The van der Waals surface area contributed by atoms with E-state index in [4.69, 9.17) is 11.6 Å². The summed E-state index contributed by atoms with van der Waals surface area (Å²) in [4.78, 5) is 1.12. The lowest BCUT2D eigenvalue weighted by atomic mass is 10.2. The molecule has 0 aliphatic rings. The maximum atomic E-state index is 13.2. The molecule has 0 heterocycles. The van der Waals surface area contributed by atoms with Crippen molar-refractivity contribution in [1.29, 1.82) is 0 Å². The quantitative estimate of drug-likeness (QED) is 0.666. The molecule has 2 aromatic carbocycles. The summed E-state index contributed by atoms with van der Waals surface area (Å²) >= 11 is 10.7. The van der Waals surface area contributed by atoms with Crippen LogP contribution in [-0.4, -0.2) is 0 Å². The normalized spacial score (nSPS) is 10.5. The van der Waals surface area contributed by atoms with Crippen LogP contribution in [0.1, 0.15) is 5.56 Å². The molecule has 0 nitrogen and oxygen atoms in total. The maximum Gasteiger partial charge on any atom is 0.124 e. The zero-order chi connectivity index (χ0) is 12.3. The van der Waals surface area contributed by atoms with Crippen LogP contribution in [0.3, 0.4) is 0 Å². The fourth-order valence-corrected chi connectivity index (χ4v) is 2.86. The van der Waals surface area contributed by atoms with Crippen molar-refractivity contribution in [2.24, 2.45) is 0 Å². The van der Waals surface area contributed by atoms with E-state index in [9.17, 15) is 4.39 Å². The van der Waals surface area contributed by atoms with Crippen LogP contribution >= 0.6 is 39.3 Å². The maximum absolute atomic E-state index is 13.2. The zero-order valence-corrected chi connectivity index (χ0v) is 11.9. The molecule has 0 aliphatic carbocycles. The van der Waals surface area contributed by atoms with Gasteiger partial charge in [-0.15, -0.1) is 11.8 Å². The van der Waals surface area contributed by atoms with E-state index in [-0.39, 0.29) is 5.82 Å². The Balaban J connectivity index is 2.04. The van der Waals surface area contributed by atoms with Crippen molar-refractivity contribution < 1.29 is 4.39 Å². The van der Waals surface area contributed by atoms with Crippen LogP contribution in [-0.2, 0) is 5.75 Å². The van der Waals surface area contributed by atoms with E-state index in [1.54, 1.807) is 17.8 Å². The lowest BCUT2D eigenvalue weighted by Gasteiger charge is -2.03. The average Bonchev–Trinajstić information content (AvgIpc) is 2.27. The molecular formula is C13H9BrClFS. The van der Waals surface area contributed by atoms with E-state index in [2.05, 4.69) is 15.9 Å². The van der Waals surface area contributed by atoms with Gasteiger partial charge in [0.1, 0.15) is 5.82 Å². The molecule has 0 N–H and O–H groups in total. The standard InChI is InChI=1S/C13H9BrClFS/c14-10-5-9(6-12(16)7-10)8-17-13-3-1-11(15)2-4-13/h1-7H,8H2. The van der Waals surface area contributed by atoms with Gasteiger partial charge in [-0.3, -0.25) is 0 Å². The third-order valence-corrected chi connectivity index (χ3v) is 3.93. The van der Waals surface area contributed by atoms with Gasteiger partial charge in [-0.05, 0) is 48.0 Å². The number of rotatable bonds is 3. The molecular weight excluding hydrogens is 323 g/mol. The van der Waals surface area contributed by atoms with E-state index in [1.165, 1.54) is 6.07 Å². The number of hydrogen-bond donors (Lipinski definition) is 0. The molecule has 2 rings (SSSR count). The molecule has 0 radical (unpaired) electrons. The Morgan fingerprint density at radius 3 is 2.47 bits per heavy atom. The summed E-state index contributed by atoms with van der Waals surface area (Å²) in [6, 6.07) is 12.6. The van der Waals surface area contributed by atoms with Crippen LogP contribution in [0, 0.1) is 5.82 Å². The highest BCUT2D eigenvalue weighted by atomic mass is 79.9. The summed E-state index contributed by atoms with van der Waals surface area (Å²) in [5, 5.41) is 0.725. The molecule has 88 valence electrons. The Labute approximate surface area is 117 Å². The Morgan fingerprint density at radius 2 is 1.82 bits per heavy atom. The molecule has 0 fully saturated rings. The molecule has 4 heteroatoms. The molecule has 2 aromatic rings. The van der Waals surface area contributed by atoms with Gasteiger partial charge in [-0.2, -0.15) is 0 Å². The van der Waals surface area contributed by atoms with Crippen LogP contribution in [0.2, 0.25) is 5.02 Å². The lowest BCUT2D eigenvalue weighted by Crippen LogP contribution is -1.84. The highest BCUT2D eigenvalue weighted by Gasteiger charge is 2.00. The highest BCUT2D eigenvalue weighted by molar-refractivity contribution is 9.10. The zero-order valence-electron chi connectivity index (χ0n) is 8.79. The Kier molecular flexibility index (Phi) is 4.48. The predicted molar refractivity (Wildman–Crippen MR) is 75.1 cm³/mol. The van der Waals surface area contributed by atoms with Gasteiger partial charge in [0.2, 0.25) is 0 Å². The van der Waals surface area contributed by atoms with E-state index in [0.717, 1.165) is 25.7 Å². The molecule has 0 amide bonds. The van der Waals surface area contributed by atoms with E-state index in [0.29, 0.717) is 0 Å². The van der Waals surface area contributed by atoms with Crippen molar-refractivity contribution in [3.05, 3.63) is 63.3 Å². The third kappa shape index (κ3) is 4.02. The summed E-state index contributed by atoms with van der Waals surface area (Å²) in [5.41, 5.74) is 0.955. The van der Waals surface area contributed by atoms with Crippen LogP contribution in [0.4, 0.5) is 4.39 Å². The Bertz CT molecular complexity index is 493. The summed E-state index contributed by atoms with van der Waals surface area (Å²) in [7, 11) is 0. The minimum atomic E-state index is -0.217. The second-order valence-corrected chi connectivity index (χ2v) is 5.92. The van der Waals surface area contributed by atoms with Crippen molar-refractivity contribution in [2.75, 3.05) is 0 Å². The number of halogens is 3. The topological polar surface area (TPSA) is 0 Å². The number of thioether (sulfide) groups is 1. The third-order valence-electron chi connectivity index (χ3n) is 2.14. The minimum Gasteiger partial charge on any atom is -0.207 e. The van der Waals surface area contributed by atoms with Gasteiger partial charge in [0.05, 0.1) is 0 Å². The highest BCUT2D eigenvalue weighted by Crippen LogP contribution is 2.26. The first-order valence-corrected chi connectivity index (χ1v) is 7.12. The number of hydrogen-bond acceptors (Lipinski definition) is 1. The fourth-order valence-electron chi connectivity index (χ4n) is 1.39. The Hall–Kier alpha value is -0.510. The SMILES string of the molecule is Fc1cc(Br)cc(CSc2ccc(Cl)cc2)c1. The number of benzene rings is 2. The molecule has 0 aromatic heterocycles. The van der Waals surface area contributed by atoms with Gasteiger partial charge in [0, 0.05) is 20.1 Å². The van der Waals surface area contributed by atoms with Crippen molar-refractivity contribution in [1.82, 2.24) is 0 Å². The van der Waals surface area contributed by atoms with E-state index < -0.39 is 0 Å². The van der Waals surface area contributed by atoms with Crippen molar-refractivity contribution in [2.45, 2.75) is 10.6 Å². The smallest absolute Gasteiger partial charge is 0.124 e. The minimum absolute atomic E-state index is 0.217. The molecule has 0 saturated carbocycles. The van der Waals surface area contributed by atoms with Crippen LogP contribution < -0.4 is 0 Å². The average molecular weight is 332 g/mol. The van der Waals surface area contributed by atoms with Crippen LogP contribution in [0.5, 0.6) is 0 Å². The summed E-state index contributed by atoms with van der Waals surface area (Å²) < 4.78 is 13.9. The second kappa shape index (κ2) is 5.89. The second-order valence-electron chi connectivity index (χ2n) is 3.52.